The van der Waals surface area contributed by atoms with E-state index in [0.717, 1.165) is 31.7 Å². The minimum Gasteiger partial charge on any atom is -0.386 e. The van der Waals surface area contributed by atoms with Gasteiger partial charge in [0.2, 0.25) is 0 Å². The summed E-state index contributed by atoms with van der Waals surface area (Å²) in [5.74, 6) is -1.16. The van der Waals surface area contributed by atoms with Crippen LogP contribution in [0.1, 0.15) is 11.1 Å². The first kappa shape index (κ1) is 16.2. The number of thiophene rings is 2. The summed E-state index contributed by atoms with van der Waals surface area (Å²) in [6, 6.07) is 19.8. The lowest BCUT2D eigenvalue weighted by Gasteiger charge is -2.00. The number of ether oxygens (including phenoxy) is 1. The molecule has 0 aliphatic carbocycles. The van der Waals surface area contributed by atoms with Gasteiger partial charge in [0.15, 0.2) is 0 Å². The number of hydrogen-bond acceptors (Lipinski definition) is 5. The van der Waals surface area contributed by atoms with Crippen molar-refractivity contribution in [1.82, 2.24) is 0 Å². The molecule has 0 atom stereocenters. The van der Waals surface area contributed by atoms with Crippen LogP contribution < -0.4 is 0 Å². The number of carbonyl (C=O) groups excluding carboxylic acids is 2. The molecule has 130 valence electrons. The number of carbonyl (C=O) groups is 2. The van der Waals surface area contributed by atoms with Crippen LogP contribution in [0.15, 0.2) is 71.4 Å². The van der Waals surface area contributed by atoms with Gasteiger partial charge in [-0.2, -0.15) is 0 Å². The molecule has 0 fully saturated rings. The fourth-order valence-corrected chi connectivity index (χ4v) is 5.15. The first-order valence-electron chi connectivity index (χ1n) is 8.34. The molecule has 27 heavy (non-hydrogen) atoms. The predicted octanol–water partition coefficient (Wildman–Crippen LogP) is 5.62. The molecule has 2 aromatic heterocycles. The van der Waals surface area contributed by atoms with Crippen molar-refractivity contribution < 1.29 is 14.3 Å². The number of benzene rings is 2. The van der Waals surface area contributed by atoms with E-state index in [4.69, 9.17) is 4.74 Å². The quantitative estimate of drug-likeness (QED) is 0.338. The molecular weight excluding hydrogens is 376 g/mol. The fourth-order valence-electron chi connectivity index (χ4n) is 3.29. The fraction of sp³-hybridized carbons (Fsp3) is 0. The Bertz CT molecular complexity index is 1230. The SMILES string of the molecule is O=C1OC(=O)C(c2csc3ccccc23)=C1c1csc(-c2ccccc2)c1. The van der Waals surface area contributed by atoms with Gasteiger partial charge in [-0.25, -0.2) is 9.59 Å². The average Bonchev–Trinajstić information content (AvgIpc) is 3.39. The first-order chi connectivity index (χ1) is 13.2. The molecule has 4 aromatic rings. The molecule has 0 saturated heterocycles. The van der Waals surface area contributed by atoms with Gasteiger partial charge in [-0.3, -0.25) is 0 Å². The average molecular weight is 388 g/mol. The minimum atomic E-state index is -0.581. The van der Waals surface area contributed by atoms with Gasteiger partial charge in [-0.05, 0) is 23.1 Å². The predicted molar refractivity (Wildman–Crippen MR) is 109 cm³/mol. The second-order valence-corrected chi connectivity index (χ2v) is 7.96. The lowest BCUT2D eigenvalue weighted by Crippen LogP contribution is -2.01. The Labute approximate surface area is 163 Å². The monoisotopic (exact) mass is 388 g/mol. The van der Waals surface area contributed by atoms with E-state index < -0.39 is 11.9 Å². The van der Waals surface area contributed by atoms with Gasteiger partial charge < -0.3 is 4.74 Å². The van der Waals surface area contributed by atoms with E-state index in [1.807, 2.05) is 71.4 Å². The zero-order chi connectivity index (χ0) is 18.4. The van der Waals surface area contributed by atoms with Crippen LogP contribution in [0.4, 0.5) is 0 Å². The zero-order valence-corrected chi connectivity index (χ0v) is 15.6. The van der Waals surface area contributed by atoms with E-state index in [9.17, 15) is 9.59 Å². The third-order valence-corrected chi connectivity index (χ3v) is 6.48. The highest BCUT2D eigenvalue weighted by Gasteiger charge is 2.36. The molecule has 0 spiro atoms. The van der Waals surface area contributed by atoms with Crippen molar-refractivity contribution in [1.29, 1.82) is 0 Å². The third kappa shape index (κ3) is 2.63. The molecule has 0 radical (unpaired) electrons. The maximum absolute atomic E-state index is 12.5. The summed E-state index contributed by atoms with van der Waals surface area (Å²) >= 11 is 3.10. The number of rotatable bonds is 3. The molecule has 5 heteroatoms. The third-order valence-electron chi connectivity index (χ3n) is 4.54. The maximum atomic E-state index is 12.5. The lowest BCUT2D eigenvalue weighted by molar-refractivity contribution is -0.149. The van der Waals surface area contributed by atoms with E-state index in [-0.39, 0.29) is 0 Å². The molecule has 3 nitrogen and oxygen atoms in total. The molecule has 0 bridgehead atoms. The van der Waals surface area contributed by atoms with Crippen LogP contribution in [-0.2, 0) is 14.3 Å². The van der Waals surface area contributed by atoms with Crippen LogP contribution in [0, 0.1) is 0 Å². The van der Waals surface area contributed by atoms with Crippen LogP contribution in [0.25, 0.3) is 31.7 Å². The van der Waals surface area contributed by atoms with Gasteiger partial charge in [0.05, 0.1) is 11.1 Å². The van der Waals surface area contributed by atoms with E-state index in [2.05, 4.69) is 0 Å². The Balaban J connectivity index is 1.70. The van der Waals surface area contributed by atoms with E-state index >= 15 is 0 Å². The van der Waals surface area contributed by atoms with Gasteiger partial charge in [-0.15, -0.1) is 22.7 Å². The van der Waals surface area contributed by atoms with Crippen LogP contribution in [0.5, 0.6) is 0 Å². The van der Waals surface area contributed by atoms with Crippen LogP contribution in [0.2, 0.25) is 0 Å². The second kappa shape index (κ2) is 6.30. The van der Waals surface area contributed by atoms with Gasteiger partial charge in [0, 0.05) is 31.5 Å². The summed E-state index contributed by atoms with van der Waals surface area (Å²) in [4.78, 5) is 26.0. The second-order valence-electron chi connectivity index (χ2n) is 6.14. The Kier molecular flexibility index (Phi) is 3.77. The Hall–Kier alpha value is -3.02. The highest BCUT2D eigenvalue weighted by atomic mass is 32.1. The smallest absolute Gasteiger partial charge is 0.347 e. The van der Waals surface area contributed by atoms with Crippen LogP contribution >= 0.6 is 22.7 Å². The van der Waals surface area contributed by atoms with E-state index in [0.29, 0.717) is 11.1 Å². The van der Waals surface area contributed by atoms with E-state index in [1.54, 1.807) is 22.7 Å². The number of fused-ring (bicyclic) bond motifs is 1. The molecule has 0 unspecified atom stereocenters. The number of hydrogen-bond donors (Lipinski definition) is 0. The van der Waals surface area contributed by atoms with Crippen molar-refractivity contribution in [3.63, 3.8) is 0 Å². The highest BCUT2D eigenvalue weighted by Crippen LogP contribution is 2.41. The van der Waals surface area contributed by atoms with Crippen molar-refractivity contribution >= 4 is 55.8 Å². The summed E-state index contributed by atoms with van der Waals surface area (Å²) in [7, 11) is 0. The maximum Gasteiger partial charge on any atom is 0.347 e. The standard InChI is InChI=1S/C22H12O3S2/c23-21-19(14-10-18(26-11-14)13-6-2-1-3-7-13)20(22(24)25-21)16-12-27-17-9-5-4-8-15(16)17/h1-12H. The van der Waals surface area contributed by atoms with Crippen LogP contribution in [0.3, 0.4) is 0 Å². The summed E-state index contributed by atoms with van der Waals surface area (Å²) in [5.41, 5.74) is 3.26. The number of cyclic esters (lactones) is 2. The molecular formula is C22H12O3S2. The molecule has 0 N–H and O–H groups in total. The normalized spacial score (nSPS) is 14.2. The largest absolute Gasteiger partial charge is 0.386 e. The summed E-state index contributed by atoms with van der Waals surface area (Å²) in [6.07, 6.45) is 0. The molecule has 0 amide bonds. The minimum absolute atomic E-state index is 0.349. The zero-order valence-electron chi connectivity index (χ0n) is 14.0. The van der Waals surface area contributed by atoms with Crippen molar-refractivity contribution in [3.05, 3.63) is 82.6 Å². The first-order valence-corrected chi connectivity index (χ1v) is 10.1. The van der Waals surface area contributed by atoms with Crippen molar-refractivity contribution in [2.45, 2.75) is 0 Å². The Morgan fingerprint density at radius 3 is 2.30 bits per heavy atom. The molecule has 0 saturated carbocycles. The topological polar surface area (TPSA) is 43.4 Å². The van der Waals surface area contributed by atoms with Crippen molar-refractivity contribution in [2.24, 2.45) is 0 Å². The summed E-state index contributed by atoms with van der Waals surface area (Å²) < 4.78 is 6.06. The summed E-state index contributed by atoms with van der Waals surface area (Å²) in [5, 5.41) is 4.79. The van der Waals surface area contributed by atoms with Gasteiger partial charge in [-0.1, -0.05) is 48.5 Å². The van der Waals surface area contributed by atoms with Gasteiger partial charge in [0.1, 0.15) is 0 Å². The van der Waals surface area contributed by atoms with Crippen LogP contribution in [-0.4, -0.2) is 11.9 Å². The molecule has 2 aromatic carbocycles. The van der Waals surface area contributed by atoms with Gasteiger partial charge in [0.25, 0.3) is 0 Å². The van der Waals surface area contributed by atoms with Crippen molar-refractivity contribution in [3.8, 4) is 10.4 Å². The lowest BCUT2D eigenvalue weighted by atomic mass is 9.97. The Morgan fingerprint density at radius 1 is 0.704 bits per heavy atom. The summed E-state index contributed by atoms with van der Waals surface area (Å²) in [6.45, 7) is 0. The molecule has 3 heterocycles. The van der Waals surface area contributed by atoms with Gasteiger partial charge >= 0.3 is 11.9 Å². The molecule has 1 aliphatic heterocycles. The van der Waals surface area contributed by atoms with E-state index in [1.165, 1.54) is 0 Å². The molecule has 1 aliphatic rings. The number of esters is 2. The highest BCUT2D eigenvalue weighted by molar-refractivity contribution is 7.17. The van der Waals surface area contributed by atoms with Crippen molar-refractivity contribution in [2.75, 3.05) is 0 Å². The molecule has 5 rings (SSSR count). The Morgan fingerprint density at radius 2 is 1.44 bits per heavy atom.